The molecule has 0 saturated heterocycles. The zero-order valence-corrected chi connectivity index (χ0v) is 16.3. The van der Waals surface area contributed by atoms with Gasteiger partial charge >= 0.3 is 0 Å². The van der Waals surface area contributed by atoms with Gasteiger partial charge in [0.2, 0.25) is 0 Å². The lowest BCUT2D eigenvalue weighted by Crippen LogP contribution is -2.11. The molecule has 0 radical (unpaired) electrons. The molecule has 0 saturated carbocycles. The van der Waals surface area contributed by atoms with Crippen molar-refractivity contribution in [2.75, 3.05) is 19.5 Å². The molecule has 2 heterocycles. The molecule has 2 aromatic heterocycles. The van der Waals surface area contributed by atoms with Crippen molar-refractivity contribution >= 4 is 56.9 Å². The van der Waals surface area contributed by atoms with Gasteiger partial charge in [0.15, 0.2) is 16.6 Å². The Hall–Kier alpha value is -1.80. The number of carbonyl (C=O) groups is 1. The van der Waals surface area contributed by atoms with E-state index in [1.54, 1.807) is 20.3 Å². The molecule has 3 aromatic rings. The monoisotopic (exact) mass is 414 g/mol. The van der Waals surface area contributed by atoms with E-state index in [9.17, 15) is 4.79 Å². The third kappa shape index (κ3) is 3.90. The Labute approximate surface area is 162 Å². The van der Waals surface area contributed by atoms with Gasteiger partial charge in [-0.1, -0.05) is 23.2 Å². The van der Waals surface area contributed by atoms with E-state index in [2.05, 4.69) is 10.3 Å². The first-order valence-electron chi connectivity index (χ1n) is 6.96. The Morgan fingerprint density at radius 1 is 1.16 bits per heavy atom. The lowest BCUT2D eigenvalue weighted by Gasteiger charge is -2.08. The number of halogens is 2. The van der Waals surface area contributed by atoms with E-state index in [1.165, 1.54) is 17.4 Å². The van der Waals surface area contributed by atoms with E-state index in [4.69, 9.17) is 32.7 Å². The Morgan fingerprint density at radius 3 is 2.56 bits per heavy atom. The number of thiazole rings is 1. The highest BCUT2D eigenvalue weighted by molar-refractivity contribution is 7.20. The standard InChI is InChI=1S/C16H12Cl2N2O3S2/c1-22-11-4-3-8(5-12(11)23-2)10-7-24-16(19-10)20-15(21)9-6-13(17)25-14(9)18/h3-7H,1-2H3,(H,19,20,21). The number of nitrogens with zero attached hydrogens (tertiary/aromatic N) is 1. The maximum Gasteiger partial charge on any atom is 0.259 e. The summed E-state index contributed by atoms with van der Waals surface area (Å²) in [6.07, 6.45) is 0. The van der Waals surface area contributed by atoms with E-state index >= 15 is 0 Å². The van der Waals surface area contributed by atoms with Gasteiger partial charge in [-0.15, -0.1) is 22.7 Å². The van der Waals surface area contributed by atoms with Crippen LogP contribution in [0.1, 0.15) is 10.4 Å². The van der Waals surface area contributed by atoms with E-state index in [-0.39, 0.29) is 5.91 Å². The summed E-state index contributed by atoms with van der Waals surface area (Å²) in [6.45, 7) is 0. The number of benzene rings is 1. The van der Waals surface area contributed by atoms with Gasteiger partial charge in [0.1, 0.15) is 4.34 Å². The molecule has 130 valence electrons. The highest BCUT2D eigenvalue weighted by Crippen LogP contribution is 2.34. The molecular weight excluding hydrogens is 403 g/mol. The van der Waals surface area contributed by atoms with Crippen LogP contribution in [0.2, 0.25) is 8.67 Å². The van der Waals surface area contributed by atoms with E-state index in [0.717, 1.165) is 22.6 Å². The predicted octanol–water partition coefficient (Wildman–Crippen LogP) is 5.45. The minimum absolute atomic E-state index is 0.333. The number of rotatable bonds is 5. The van der Waals surface area contributed by atoms with Crippen LogP contribution in [0, 0.1) is 0 Å². The van der Waals surface area contributed by atoms with Crippen LogP contribution in [0.3, 0.4) is 0 Å². The van der Waals surface area contributed by atoms with E-state index in [0.29, 0.717) is 30.9 Å². The van der Waals surface area contributed by atoms with Crippen molar-refractivity contribution < 1.29 is 14.3 Å². The molecule has 1 amide bonds. The normalized spacial score (nSPS) is 10.6. The van der Waals surface area contributed by atoms with Crippen LogP contribution in [0.15, 0.2) is 29.6 Å². The van der Waals surface area contributed by atoms with Gasteiger partial charge in [0.25, 0.3) is 5.91 Å². The first-order chi connectivity index (χ1) is 12.0. The Balaban J connectivity index is 1.81. The maximum absolute atomic E-state index is 12.3. The molecule has 0 aliphatic carbocycles. The van der Waals surface area contributed by atoms with Gasteiger partial charge in [-0.2, -0.15) is 0 Å². The Morgan fingerprint density at radius 2 is 1.92 bits per heavy atom. The molecule has 1 N–H and O–H groups in total. The number of anilines is 1. The predicted molar refractivity (Wildman–Crippen MR) is 103 cm³/mol. The first kappa shape index (κ1) is 18.0. The fourth-order valence-electron chi connectivity index (χ4n) is 2.12. The topological polar surface area (TPSA) is 60.5 Å². The molecule has 3 rings (SSSR count). The van der Waals surface area contributed by atoms with Crippen molar-refractivity contribution in [2.45, 2.75) is 0 Å². The number of thiophene rings is 1. The lowest BCUT2D eigenvalue weighted by molar-refractivity contribution is 0.102. The van der Waals surface area contributed by atoms with Crippen LogP contribution in [0.4, 0.5) is 5.13 Å². The van der Waals surface area contributed by atoms with E-state index in [1.807, 2.05) is 17.5 Å². The summed E-state index contributed by atoms with van der Waals surface area (Å²) in [7, 11) is 3.15. The summed E-state index contributed by atoms with van der Waals surface area (Å²) in [5.41, 5.74) is 1.90. The quantitative estimate of drug-likeness (QED) is 0.602. The SMILES string of the molecule is COc1ccc(-c2csc(NC(=O)c3cc(Cl)sc3Cl)n2)cc1OC. The molecule has 1 aromatic carbocycles. The minimum atomic E-state index is -0.346. The summed E-state index contributed by atoms with van der Waals surface area (Å²) in [4.78, 5) is 16.7. The second-order valence-electron chi connectivity index (χ2n) is 4.80. The van der Waals surface area contributed by atoms with Crippen LogP contribution in [0.5, 0.6) is 11.5 Å². The third-order valence-electron chi connectivity index (χ3n) is 3.31. The molecule has 9 heteroatoms. The maximum atomic E-state index is 12.3. The largest absolute Gasteiger partial charge is 0.493 e. The van der Waals surface area contributed by atoms with Crippen LogP contribution < -0.4 is 14.8 Å². The molecule has 0 bridgehead atoms. The molecular formula is C16H12Cl2N2O3S2. The lowest BCUT2D eigenvalue weighted by atomic mass is 10.1. The average Bonchev–Trinajstić information content (AvgIpc) is 3.20. The number of carbonyl (C=O) groups excluding carboxylic acids is 1. The smallest absolute Gasteiger partial charge is 0.259 e. The van der Waals surface area contributed by atoms with Crippen molar-refractivity contribution in [2.24, 2.45) is 0 Å². The first-order valence-corrected chi connectivity index (χ1v) is 9.41. The fourth-order valence-corrected chi connectivity index (χ4v) is 4.29. The number of ether oxygens (including phenoxy) is 2. The molecule has 5 nitrogen and oxygen atoms in total. The third-order valence-corrected chi connectivity index (χ3v) is 5.55. The Kier molecular flexibility index (Phi) is 5.48. The number of aromatic nitrogens is 1. The van der Waals surface area contributed by atoms with Gasteiger partial charge in [-0.05, 0) is 24.3 Å². The molecule has 25 heavy (non-hydrogen) atoms. The second-order valence-corrected chi connectivity index (χ2v) is 7.94. The number of amides is 1. The van der Waals surface area contributed by atoms with Crippen LogP contribution in [0.25, 0.3) is 11.3 Å². The zero-order chi connectivity index (χ0) is 18.0. The summed E-state index contributed by atoms with van der Waals surface area (Å²) in [6, 6.07) is 7.04. The van der Waals surface area contributed by atoms with Crippen LogP contribution >= 0.6 is 45.9 Å². The Bertz CT molecular complexity index is 924. The van der Waals surface area contributed by atoms with E-state index < -0.39 is 0 Å². The number of hydrogen-bond donors (Lipinski definition) is 1. The van der Waals surface area contributed by atoms with Crippen molar-refractivity contribution in [3.05, 3.63) is 43.9 Å². The van der Waals surface area contributed by atoms with Crippen LogP contribution in [-0.2, 0) is 0 Å². The number of hydrogen-bond acceptors (Lipinski definition) is 6. The molecule has 0 aliphatic heterocycles. The van der Waals surface area contributed by atoms with Crippen molar-refractivity contribution in [3.63, 3.8) is 0 Å². The molecule has 0 aliphatic rings. The van der Waals surface area contributed by atoms with Gasteiger partial charge in [0, 0.05) is 10.9 Å². The summed E-state index contributed by atoms with van der Waals surface area (Å²) >= 11 is 14.3. The zero-order valence-electron chi connectivity index (χ0n) is 13.1. The molecule has 0 fully saturated rings. The minimum Gasteiger partial charge on any atom is -0.493 e. The average molecular weight is 415 g/mol. The molecule has 0 unspecified atom stereocenters. The summed E-state index contributed by atoms with van der Waals surface area (Å²) in [5, 5.41) is 5.04. The van der Waals surface area contributed by atoms with Crippen molar-refractivity contribution in [1.82, 2.24) is 4.98 Å². The second kappa shape index (κ2) is 7.61. The summed E-state index contributed by atoms with van der Waals surface area (Å²) < 4.78 is 11.3. The summed E-state index contributed by atoms with van der Waals surface area (Å²) in [5.74, 6) is 0.902. The highest BCUT2D eigenvalue weighted by Gasteiger charge is 2.16. The van der Waals surface area contributed by atoms with Gasteiger partial charge < -0.3 is 9.47 Å². The van der Waals surface area contributed by atoms with Crippen molar-refractivity contribution in [1.29, 1.82) is 0 Å². The number of methoxy groups -OCH3 is 2. The number of nitrogens with one attached hydrogen (secondary N) is 1. The molecule has 0 spiro atoms. The fraction of sp³-hybridized carbons (Fsp3) is 0.125. The highest BCUT2D eigenvalue weighted by atomic mass is 35.5. The van der Waals surface area contributed by atoms with Gasteiger partial charge in [-0.3, -0.25) is 10.1 Å². The van der Waals surface area contributed by atoms with Crippen LogP contribution in [-0.4, -0.2) is 25.1 Å². The van der Waals surface area contributed by atoms with Gasteiger partial charge in [-0.25, -0.2) is 4.98 Å². The van der Waals surface area contributed by atoms with Gasteiger partial charge in [0.05, 0.1) is 29.8 Å². The molecule has 0 atom stereocenters. The van der Waals surface area contributed by atoms with Crippen molar-refractivity contribution in [3.8, 4) is 22.8 Å².